The Labute approximate surface area is 92.4 Å². The van der Waals surface area contributed by atoms with Crippen LogP contribution < -0.4 is 5.73 Å². The molecule has 1 aromatic rings. The van der Waals surface area contributed by atoms with Crippen LogP contribution in [0.5, 0.6) is 0 Å². The summed E-state index contributed by atoms with van der Waals surface area (Å²) in [7, 11) is 0. The Kier molecular flexibility index (Phi) is 4.79. The molecule has 2 nitrogen and oxygen atoms in total. The van der Waals surface area contributed by atoms with E-state index in [9.17, 15) is 0 Å². The van der Waals surface area contributed by atoms with Gasteiger partial charge >= 0.3 is 0 Å². The van der Waals surface area contributed by atoms with Crippen LogP contribution in [0.15, 0.2) is 24.3 Å². The van der Waals surface area contributed by atoms with Gasteiger partial charge in [-0.1, -0.05) is 24.3 Å². The van der Waals surface area contributed by atoms with Gasteiger partial charge in [0, 0.05) is 6.04 Å². The summed E-state index contributed by atoms with van der Waals surface area (Å²) < 4.78 is 5.49. The third-order valence-corrected chi connectivity index (χ3v) is 2.39. The van der Waals surface area contributed by atoms with Gasteiger partial charge in [0.25, 0.3) is 0 Å². The molecule has 0 aliphatic rings. The van der Waals surface area contributed by atoms with Gasteiger partial charge in [0.05, 0.1) is 12.7 Å². The molecule has 0 radical (unpaired) electrons. The average Bonchev–Trinajstić information content (AvgIpc) is 2.18. The van der Waals surface area contributed by atoms with E-state index >= 15 is 0 Å². The molecule has 0 aromatic heterocycles. The molecule has 0 amide bonds. The highest BCUT2D eigenvalue weighted by atomic mass is 16.5. The van der Waals surface area contributed by atoms with Crippen molar-refractivity contribution in [2.45, 2.75) is 39.3 Å². The molecular formula is C13H21NO. The zero-order valence-electron chi connectivity index (χ0n) is 9.86. The number of benzene rings is 1. The van der Waals surface area contributed by atoms with E-state index in [0.717, 1.165) is 6.42 Å². The molecule has 1 rings (SSSR count). The first kappa shape index (κ1) is 12.2. The van der Waals surface area contributed by atoms with Crippen LogP contribution in [0.2, 0.25) is 0 Å². The molecule has 0 bridgehead atoms. The van der Waals surface area contributed by atoms with E-state index < -0.39 is 0 Å². The van der Waals surface area contributed by atoms with Gasteiger partial charge in [-0.05, 0) is 38.3 Å². The fourth-order valence-corrected chi connectivity index (χ4v) is 1.50. The Morgan fingerprint density at radius 2 is 1.93 bits per heavy atom. The van der Waals surface area contributed by atoms with Gasteiger partial charge in [0.2, 0.25) is 0 Å². The number of nitrogens with two attached hydrogens (primary N) is 1. The quantitative estimate of drug-likeness (QED) is 0.804. The summed E-state index contributed by atoms with van der Waals surface area (Å²) in [5, 5.41) is 0. The first-order valence-corrected chi connectivity index (χ1v) is 5.51. The second-order valence-electron chi connectivity index (χ2n) is 4.27. The van der Waals surface area contributed by atoms with Gasteiger partial charge < -0.3 is 10.5 Å². The molecule has 2 heteroatoms. The van der Waals surface area contributed by atoms with Crippen LogP contribution in [0.4, 0.5) is 0 Å². The molecule has 1 atom stereocenters. The van der Waals surface area contributed by atoms with Gasteiger partial charge in [-0.2, -0.15) is 0 Å². The fraction of sp³-hybridized carbons (Fsp3) is 0.538. The topological polar surface area (TPSA) is 35.2 Å². The number of rotatable bonds is 5. The Hall–Kier alpha value is -0.860. The molecule has 0 saturated heterocycles. The number of ether oxygens (including phenoxy) is 1. The Morgan fingerprint density at radius 1 is 1.27 bits per heavy atom. The molecule has 1 aromatic carbocycles. The lowest BCUT2D eigenvalue weighted by Crippen LogP contribution is -2.30. The second kappa shape index (κ2) is 5.89. The molecule has 0 spiro atoms. The van der Waals surface area contributed by atoms with Gasteiger partial charge in [0.1, 0.15) is 0 Å². The summed E-state index contributed by atoms with van der Waals surface area (Å²) in [6, 6.07) is 8.44. The van der Waals surface area contributed by atoms with Crippen molar-refractivity contribution in [2.75, 3.05) is 6.61 Å². The standard InChI is InChI=1S/C13H21NO/c1-10(2)15-9-13(14)8-12-7-5-4-6-11(12)3/h4-7,10,13H,8-9,14H2,1-3H3. The number of hydrogen-bond acceptors (Lipinski definition) is 2. The van der Waals surface area contributed by atoms with E-state index in [0.29, 0.717) is 6.61 Å². The summed E-state index contributed by atoms with van der Waals surface area (Å²) in [5.41, 5.74) is 8.62. The maximum absolute atomic E-state index is 6.00. The van der Waals surface area contributed by atoms with Crippen molar-refractivity contribution in [1.29, 1.82) is 0 Å². The normalized spacial score (nSPS) is 13.1. The highest BCUT2D eigenvalue weighted by Crippen LogP contribution is 2.09. The molecule has 84 valence electrons. The summed E-state index contributed by atoms with van der Waals surface area (Å²) >= 11 is 0. The van der Waals surface area contributed by atoms with Crippen molar-refractivity contribution >= 4 is 0 Å². The minimum atomic E-state index is 0.0912. The Balaban J connectivity index is 2.44. The molecule has 0 fully saturated rings. The molecule has 0 saturated carbocycles. The van der Waals surface area contributed by atoms with Crippen LogP contribution in [0, 0.1) is 6.92 Å². The second-order valence-corrected chi connectivity index (χ2v) is 4.27. The first-order chi connectivity index (χ1) is 7.09. The molecule has 1 unspecified atom stereocenters. The Morgan fingerprint density at radius 3 is 2.53 bits per heavy atom. The van der Waals surface area contributed by atoms with E-state index in [1.54, 1.807) is 0 Å². The largest absolute Gasteiger partial charge is 0.377 e. The average molecular weight is 207 g/mol. The SMILES string of the molecule is Cc1ccccc1CC(N)COC(C)C. The third kappa shape index (κ3) is 4.45. The van der Waals surface area contributed by atoms with Crippen molar-refractivity contribution in [3.8, 4) is 0 Å². The summed E-state index contributed by atoms with van der Waals surface area (Å²) in [6.07, 6.45) is 1.15. The molecule has 0 heterocycles. The van der Waals surface area contributed by atoms with Gasteiger partial charge in [-0.3, -0.25) is 0 Å². The van der Waals surface area contributed by atoms with Crippen LogP contribution in [-0.2, 0) is 11.2 Å². The number of aryl methyl sites for hydroxylation is 1. The lowest BCUT2D eigenvalue weighted by molar-refractivity contribution is 0.0684. The maximum atomic E-state index is 6.00. The van der Waals surface area contributed by atoms with Gasteiger partial charge in [0.15, 0.2) is 0 Å². The van der Waals surface area contributed by atoms with Crippen molar-refractivity contribution in [2.24, 2.45) is 5.73 Å². The predicted octanol–water partition coefficient (Wildman–Crippen LogP) is 2.29. The van der Waals surface area contributed by atoms with Crippen molar-refractivity contribution in [1.82, 2.24) is 0 Å². The van der Waals surface area contributed by atoms with Crippen LogP contribution in [0.25, 0.3) is 0 Å². The van der Waals surface area contributed by atoms with E-state index in [-0.39, 0.29) is 12.1 Å². The van der Waals surface area contributed by atoms with E-state index in [1.807, 2.05) is 13.8 Å². The van der Waals surface area contributed by atoms with E-state index in [2.05, 4.69) is 31.2 Å². The van der Waals surface area contributed by atoms with Crippen molar-refractivity contribution in [3.05, 3.63) is 35.4 Å². The first-order valence-electron chi connectivity index (χ1n) is 5.51. The summed E-state index contributed by atoms with van der Waals surface area (Å²) in [6.45, 7) is 6.80. The smallest absolute Gasteiger partial charge is 0.0624 e. The van der Waals surface area contributed by atoms with E-state index in [4.69, 9.17) is 10.5 Å². The van der Waals surface area contributed by atoms with Crippen LogP contribution >= 0.6 is 0 Å². The lowest BCUT2D eigenvalue weighted by Gasteiger charge is -2.15. The van der Waals surface area contributed by atoms with Crippen LogP contribution in [0.3, 0.4) is 0 Å². The predicted molar refractivity (Wildman–Crippen MR) is 63.9 cm³/mol. The molecule has 2 N–H and O–H groups in total. The van der Waals surface area contributed by atoms with Crippen molar-refractivity contribution in [3.63, 3.8) is 0 Å². The molecule has 0 aliphatic carbocycles. The summed E-state index contributed by atoms with van der Waals surface area (Å²) in [5.74, 6) is 0. The van der Waals surface area contributed by atoms with Gasteiger partial charge in [-0.25, -0.2) is 0 Å². The number of hydrogen-bond donors (Lipinski definition) is 1. The highest BCUT2D eigenvalue weighted by molar-refractivity contribution is 5.26. The minimum Gasteiger partial charge on any atom is -0.377 e. The monoisotopic (exact) mass is 207 g/mol. The maximum Gasteiger partial charge on any atom is 0.0624 e. The van der Waals surface area contributed by atoms with E-state index in [1.165, 1.54) is 11.1 Å². The lowest BCUT2D eigenvalue weighted by atomic mass is 10.0. The van der Waals surface area contributed by atoms with Crippen LogP contribution in [0.1, 0.15) is 25.0 Å². The Bertz CT molecular complexity index is 296. The molecule has 0 aliphatic heterocycles. The van der Waals surface area contributed by atoms with Crippen LogP contribution in [-0.4, -0.2) is 18.8 Å². The van der Waals surface area contributed by atoms with Crippen molar-refractivity contribution < 1.29 is 4.74 Å². The minimum absolute atomic E-state index is 0.0912. The fourth-order valence-electron chi connectivity index (χ4n) is 1.50. The zero-order chi connectivity index (χ0) is 11.3. The zero-order valence-corrected chi connectivity index (χ0v) is 9.86. The summed E-state index contributed by atoms with van der Waals surface area (Å²) in [4.78, 5) is 0. The third-order valence-electron chi connectivity index (χ3n) is 2.39. The van der Waals surface area contributed by atoms with Gasteiger partial charge in [-0.15, -0.1) is 0 Å². The molecular weight excluding hydrogens is 186 g/mol. The highest BCUT2D eigenvalue weighted by Gasteiger charge is 2.06. The molecule has 15 heavy (non-hydrogen) atoms.